The van der Waals surface area contributed by atoms with Gasteiger partial charge in [0, 0.05) is 12.5 Å². The largest absolute Gasteiger partial charge is 0.449 e. The van der Waals surface area contributed by atoms with Crippen LogP contribution >= 0.6 is 0 Å². The van der Waals surface area contributed by atoms with Gasteiger partial charge in [0.05, 0.1) is 11.6 Å². The van der Waals surface area contributed by atoms with Crippen molar-refractivity contribution in [2.75, 3.05) is 13.2 Å². The van der Waals surface area contributed by atoms with E-state index < -0.39 is 18.3 Å². The van der Waals surface area contributed by atoms with Gasteiger partial charge in [-0.1, -0.05) is 54.6 Å². The van der Waals surface area contributed by atoms with Gasteiger partial charge >= 0.3 is 6.09 Å². The molecule has 0 radical (unpaired) electrons. The molecule has 32 heavy (non-hydrogen) atoms. The summed E-state index contributed by atoms with van der Waals surface area (Å²) in [5, 5.41) is 32.3. The van der Waals surface area contributed by atoms with E-state index in [0.29, 0.717) is 16.7 Å². The number of aliphatic hydroxyl groups is 2. The van der Waals surface area contributed by atoms with Crippen molar-refractivity contribution in [2.45, 2.75) is 25.0 Å². The molecular formula is C26H24N2O4. The second kappa shape index (κ2) is 9.23. The Morgan fingerprint density at radius 3 is 2.28 bits per heavy atom. The van der Waals surface area contributed by atoms with Crippen molar-refractivity contribution in [3.8, 4) is 17.2 Å². The van der Waals surface area contributed by atoms with Crippen molar-refractivity contribution in [1.29, 1.82) is 5.26 Å². The van der Waals surface area contributed by atoms with Gasteiger partial charge in [-0.25, -0.2) is 4.79 Å². The third kappa shape index (κ3) is 4.22. The normalized spacial score (nSPS) is 14.1. The molecule has 0 fully saturated rings. The maximum Gasteiger partial charge on any atom is 0.407 e. The van der Waals surface area contributed by atoms with Gasteiger partial charge < -0.3 is 20.3 Å². The molecule has 4 rings (SSSR count). The van der Waals surface area contributed by atoms with E-state index in [2.05, 4.69) is 17.4 Å². The molecule has 3 aromatic carbocycles. The molecule has 1 aliphatic carbocycles. The molecule has 6 heteroatoms. The molecule has 2 atom stereocenters. The van der Waals surface area contributed by atoms with Crippen LogP contribution in [-0.2, 0) is 4.74 Å². The number of ether oxygens (including phenoxy) is 1. The number of nitrogens with zero attached hydrogens (tertiary/aromatic N) is 1. The van der Waals surface area contributed by atoms with Crippen molar-refractivity contribution in [2.24, 2.45) is 0 Å². The molecule has 0 spiro atoms. The summed E-state index contributed by atoms with van der Waals surface area (Å²) in [7, 11) is 0. The molecular weight excluding hydrogens is 404 g/mol. The van der Waals surface area contributed by atoms with E-state index in [1.807, 2.05) is 42.5 Å². The Labute approximate surface area is 186 Å². The van der Waals surface area contributed by atoms with E-state index in [0.717, 1.165) is 22.3 Å². The van der Waals surface area contributed by atoms with Crippen LogP contribution in [0.15, 0.2) is 66.7 Å². The molecule has 162 valence electrons. The summed E-state index contributed by atoms with van der Waals surface area (Å²) in [6, 6.07) is 23.0. The lowest BCUT2D eigenvalue weighted by atomic mass is 9.97. The first-order valence-corrected chi connectivity index (χ1v) is 10.4. The number of aryl methyl sites for hydroxylation is 1. The zero-order valence-electron chi connectivity index (χ0n) is 17.7. The fraction of sp³-hybridized carbons (Fsp3) is 0.231. The molecule has 0 bridgehead atoms. The summed E-state index contributed by atoms with van der Waals surface area (Å²) < 4.78 is 5.45. The first-order chi connectivity index (χ1) is 15.5. The van der Waals surface area contributed by atoms with Gasteiger partial charge in [0.2, 0.25) is 0 Å². The van der Waals surface area contributed by atoms with Gasteiger partial charge in [-0.15, -0.1) is 0 Å². The average Bonchev–Trinajstić information content (AvgIpc) is 3.14. The number of aliphatic hydroxyl groups excluding tert-OH is 2. The van der Waals surface area contributed by atoms with E-state index in [9.17, 15) is 15.0 Å². The number of alkyl carbamates (subject to hydrolysis) is 1. The Morgan fingerprint density at radius 1 is 1.06 bits per heavy atom. The van der Waals surface area contributed by atoms with E-state index in [1.54, 1.807) is 25.1 Å². The number of carbonyl (C=O) groups excluding carboxylic acids is 1. The molecule has 1 amide bonds. The van der Waals surface area contributed by atoms with Crippen LogP contribution in [0.1, 0.15) is 39.8 Å². The topological polar surface area (TPSA) is 103 Å². The fourth-order valence-corrected chi connectivity index (χ4v) is 4.23. The molecule has 2 unspecified atom stereocenters. The highest BCUT2D eigenvalue weighted by Crippen LogP contribution is 2.44. The second-order valence-electron chi connectivity index (χ2n) is 7.90. The van der Waals surface area contributed by atoms with E-state index in [1.165, 1.54) is 0 Å². The summed E-state index contributed by atoms with van der Waals surface area (Å²) in [6.45, 7) is 1.76. The van der Waals surface area contributed by atoms with Gasteiger partial charge in [0.1, 0.15) is 18.8 Å². The molecule has 0 saturated carbocycles. The van der Waals surface area contributed by atoms with Gasteiger partial charge in [0.15, 0.2) is 0 Å². The Morgan fingerprint density at radius 2 is 1.69 bits per heavy atom. The number of carbonyl (C=O) groups is 1. The lowest BCUT2D eigenvalue weighted by Gasteiger charge is -2.21. The molecule has 3 aromatic rings. The lowest BCUT2D eigenvalue weighted by molar-refractivity contribution is 0.0182. The highest BCUT2D eigenvalue weighted by Gasteiger charge is 2.29. The summed E-state index contributed by atoms with van der Waals surface area (Å²) in [6.07, 6.45) is -3.08. The monoisotopic (exact) mass is 428 g/mol. The van der Waals surface area contributed by atoms with Crippen LogP contribution in [0.2, 0.25) is 0 Å². The van der Waals surface area contributed by atoms with E-state index >= 15 is 0 Å². The van der Waals surface area contributed by atoms with Crippen LogP contribution in [0.3, 0.4) is 0 Å². The summed E-state index contributed by atoms with van der Waals surface area (Å²) in [4.78, 5) is 12.3. The lowest BCUT2D eigenvalue weighted by Crippen LogP contribution is -2.36. The standard InChI is InChI=1S/C26H24N2O4/c1-16-12-17(13-27)10-11-18(16)25(30)24(29)14-28-26(31)32-15-23-21-8-4-2-6-19(21)20-7-3-5-9-22(20)23/h2-12,23-25,29-30H,14-15H2,1H3,(H,28,31). The van der Waals surface area contributed by atoms with Crippen LogP contribution in [0.5, 0.6) is 0 Å². The average molecular weight is 428 g/mol. The van der Waals surface area contributed by atoms with Gasteiger partial charge in [-0.3, -0.25) is 0 Å². The van der Waals surface area contributed by atoms with Crippen LogP contribution < -0.4 is 5.32 Å². The smallest absolute Gasteiger partial charge is 0.407 e. The van der Waals surface area contributed by atoms with Crippen LogP contribution in [0.4, 0.5) is 4.79 Å². The number of amides is 1. The Bertz CT molecular complexity index is 1140. The van der Waals surface area contributed by atoms with Gasteiger partial charge in [-0.2, -0.15) is 5.26 Å². The van der Waals surface area contributed by atoms with Crippen LogP contribution in [0.25, 0.3) is 11.1 Å². The first-order valence-electron chi connectivity index (χ1n) is 10.4. The molecule has 6 nitrogen and oxygen atoms in total. The van der Waals surface area contributed by atoms with E-state index in [4.69, 9.17) is 10.00 Å². The number of rotatable bonds is 6. The number of hydrogen-bond donors (Lipinski definition) is 3. The summed E-state index contributed by atoms with van der Waals surface area (Å²) in [5.41, 5.74) is 6.20. The second-order valence-corrected chi connectivity index (χ2v) is 7.90. The molecule has 3 N–H and O–H groups in total. The van der Waals surface area contributed by atoms with Crippen molar-refractivity contribution in [3.63, 3.8) is 0 Å². The third-order valence-corrected chi connectivity index (χ3v) is 5.88. The Kier molecular flexibility index (Phi) is 6.22. The predicted octanol–water partition coefficient (Wildman–Crippen LogP) is 3.80. The number of benzene rings is 3. The summed E-state index contributed by atoms with van der Waals surface area (Å²) in [5.74, 6) is -0.0510. The van der Waals surface area contributed by atoms with Gasteiger partial charge in [-0.05, 0) is 52.4 Å². The van der Waals surface area contributed by atoms with Gasteiger partial charge in [0.25, 0.3) is 0 Å². The Balaban J connectivity index is 1.34. The SMILES string of the molecule is Cc1cc(C#N)ccc1C(O)C(O)CNC(=O)OCC1c2ccccc2-c2ccccc21. The zero-order valence-corrected chi connectivity index (χ0v) is 17.7. The van der Waals surface area contributed by atoms with Crippen LogP contribution in [-0.4, -0.2) is 35.6 Å². The molecule has 0 saturated heterocycles. The first kappa shape index (κ1) is 21.6. The van der Waals surface area contributed by atoms with E-state index in [-0.39, 0.29) is 19.1 Å². The molecule has 0 heterocycles. The van der Waals surface area contributed by atoms with Crippen molar-refractivity contribution in [3.05, 3.63) is 94.5 Å². The highest BCUT2D eigenvalue weighted by molar-refractivity contribution is 5.79. The third-order valence-electron chi connectivity index (χ3n) is 5.88. The van der Waals surface area contributed by atoms with Crippen LogP contribution in [0, 0.1) is 18.3 Å². The number of fused-ring (bicyclic) bond motifs is 3. The number of hydrogen-bond acceptors (Lipinski definition) is 5. The molecule has 1 aliphatic rings. The fourth-order valence-electron chi connectivity index (χ4n) is 4.23. The number of nitriles is 1. The maximum absolute atomic E-state index is 12.3. The quantitative estimate of drug-likeness (QED) is 0.554. The minimum Gasteiger partial charge on any atom is -0.449 e. The highest BCUT2D eigenvalue weighted by atomic mass is 16.5. The van der Waals surface area contributed by atoms with Crippen molar-refractivity contribution >= 4 is 6.09 Å². The maximum atomic E-state index is 12.3. The molecule has 0 aliphatic heterocycles. The Hall–Kier alpha value is -3.66. The van der Waals surface area contributed by atoms with Crippen molar-refractivity contribution in [1.82, 2.24) is 5.32 Å². The number of nitrogens with one attached hydrogen (secondary N) is 1. The zero-order chi connectivity index (χ0) is 22.7. The molecule has 0 aromatic heterocycles. The minimum absolute atomic E-state index is 0.0510. The minimum atomic E-state index is -1.22. The predicted molar refractivity (Wildman–Crippen MR) is 120 cm³/mol. The summed E-state index contributed by atoms with van der Waals surface area (Å²) >= 11 is 0. The van der Waals surface area contributed by atoms with Crippen molar-refractivity contribution < 1.29 is 19.7 Å².